The highest BCUT2D eigenvalue weighted by atomic mass is 79.9. The van der Waals surface area contributed by atoms with E-state index in [-0.39, 0.29) is 0 Å². The van der Waals surface area contributed by atoms with Gasteiger partial charge in [-0.3, -0.25) is 0 Å². The van der Waals surface area contributed by atoms with E-state index in [9.17, 15) is 5.26 Å². The lowest BCUT2D eigenvalue weighted by molar-refractivity contribution is 0.460. The summed E-state index contributed by atoms with van der Waals surface area (Å²) in [5, 5.41) is 10.2. The number of hydrogen-bond acceptors (Lipinski definition) is 3. The quantitative estimate of drug-likeness (QED) is 0.662. The van der Waals surface area contributed by atoms with E-state index in [0.29, 0.717) is 17.2 Å². The van der Waals surface area contributed by atoms with E-state index < -0.39 is 0 Å². The van der Waals surface area contributed by atoms with Crippen LogP contribution < -0.4 is 4.74 Å². The Morgan fingerprint density at radius 2 is 1.95 bits per heavy atom. The van der Waals surface area contributed by atoms with Crippen molar-refractivity contribution >= 4 is 26.8 Å². The first kappa shape index (κ1) is 13.6. The Morgan fingerprint density at radius 3 is 2.71 bits per heavy atom. The molecule has 0 aliphatic heterocycles. The van der Waals surface area contributed by atoms with Gasteiger partial charge in [0.1, 0.15) is 17.4 Å². The zero-order chi connectivity index (χ0) is 14.8. The van der Waals surface area contributed by atoms with E-state index in [1.165, 1.54) is 0 Å². The van der Waals surface area contributed by atoms with Crippen LogP contribution in [-0.2, 0) is 0 Å². The van der Waals surface area contributed by atoms with E-state index in [0.717, 1.165) is 20.9 Å². The van der Waals surface area contributed by atoms with Gasteiger partial charge in [0.15, 0.2) is 0 Å². The van der Waals surface area contributed by atoms with Gasteiger partial charge in [0.05, 0.1) is 5.52 Å². The summed E-state index contributed by atoms with van der Waals surface area (Å²) in [5.74, 6) is 1.03. The fourth-order valence-corrected chi connectivity index (χ4v) is 2.56. The zero-order valence-electron chi connectivity index (χ0n) is 11.3. The van der Waals surface area contributed by atoms with Crippen molar-refractivity contribution < 1.29 is 4.74 Å². The Kier molecular flexibility index (Phi) is 3.59. The molecule has 102 valence electrons. The Balaban J connectivity index is 2.09. The van der Waals surface area contributed by atoms with Gasteiger partial charge in [-0.05, 0) is 42.8 Å². The normalized spacial score (nSPS) is 10.3. The summed E-state index contributed by atoms with van der Waals surface area (Å²) in [7, 11) is 0. The molecular weight excluding hydrogens is 328 g/mol. The third kappa shape index (κ3) is 2.74. The Labute approximate surface area is 130 Å². The molecule has 2 aromatic carbocycles. The van der Waals surface area contributed by atoms with Crippen LogP contribution in [0.2, 0.25) is 0 Å². The zero-order valence-corrected chi connectivity index (χ0v) is 12.9. The molecule has 4 heteroatoms. The lowest BCUT2D eigenvalue weighted by atomic mass is 10.1. The molecule has 3 nitrogen and oxygen atoms in total. The summed E-state index contributed by atoms with van der Waals surface area (Å²) in [5.41, 5.74) is 2.21. The molecule has 0 radical (unpaired) electrons. The van der Waals surface area contributed by atoms with Crippen molar-refractivity contribution in [2.45, 2.75) is 6.92 Å². The fourth-order valence-electron chi connectivity index (χ4n) is 2.09. The van der Waals surface area contributed by atoms with Crippen LogP contribution in [0, 0.1) is 18.3 Å². The molecule has 0 fully saturated rings. The molecule has 21 heavy (non-hydrogen) atoms. The van der Waals surface area contributed by atoms with E-state index in [1.54, 1.807) is 6.07 Å². The SMILES string of the molecule is Cc1cc(Br)ccc1Oc1nc2ccccc2cc1C#N. The molecule has 3 aromatic rings. The minimum Gasteiger partial charge on any atom is -0.437 e. The first-order chi connectivity index (χ1) is 10.2. The van der Waals surface area contributed by atoms with Crippen molar-refractivity contribution in [1.82, 2.24) is 4.98 Å². The molecule has 3 rings (SSSR count). The maximum atomic E-state index is 9.29. The lowest BCUT2D eigenvalue weighted by Gasteiger charge is -2.10. The second kappa shape index (κ2) is 5.55. The molecule has 1 aromatic heterocycles. The minimum absolute atomic E-state index is 0.335. The average Bonchev–Trinajstić information content (AvgIpc) is 2.49. The predicted molar refractivity (Wildman–Crippen MR) is 85.4 cm³/mol. The van der Waals surface area contributed by atoms with Crippen LogP contribution in [-0.4, -0.2) is 4.98 Å². The number of nitrogens with zero attached hydrogens (tertiary/aromatic N) is 2. The molecule has 0 saturated carbocycles. The number of ether oxygens (including phenoxy) is 1. The predicted octanol–water partition coefficient (Wildman–Crippen LogP) is 4.97. The number of benzene rings is 2. The summed E-state index contributed by atoms with van der Waals surface area (Å²) in [6.45, 7) is 1.95. The molecular formula is C17H11BrN2O. The first-order valence-electron chi connectivity index (χ1n) is 6.41. The van der Waals surface area contributed by atoms with Crippen molar-refractivity contribution in [1.29, 1.82) is 5.26 Å². The van der Waals surface area contributed by atoms with Crippen LogP contribution >= 0.6 is 15.9 Å². The molecule has 0 amide bonds. The molecule has 0 saturated heterocycles. The summed E-state index contributed by atoms with van der Waals surface area (Å²) >= 11 is 3.42. The van der Waals surface area contributed by atoms with E-state index in [4.69, 9.17) is 4.74 Å². The Morgan fingerprint density at radius 1 is 1.14 bits per heavy atom. The standard InChI is InChI=1S/C17H11BrN2O/c1-11-8-14(18)6-7-16(11)21-17-13(10-19)9-12-4-2-3-5-15(12)20-17/h2-9H,1H3. The number of halogens is 1. The molecule has 0 aliphatic carbocycles. The minimum atomic E-state index is 0.335. The third-order valence-electron chi connectivity index (χ3n) is 3.15. The van der Waals surface area contributed by atoms with Crippen LogP contribution in [0.4, 0.5) is 0 Å². The highest BCUT2D eigenvalue weighted by Crippen LogP contribution is 2.30. The molecule has 0 N–H and O–H groups in total. The van der Waals surface area contributed by atoms with Gasteiger partial charge >= 0.3 is 0 Å². The van der Waals surface area contributed by atoms with Gasteiger partial charge < -0.3 is 4.74 Å². The van der Waals surface area contributed by atoms with Crippen LogP contribution in [0.25, 0.3) is 10.9 Å². The smallest absolute Gasteiger partial charge is 0.237 e. The molecule has 0 bridgehead atoms. The molecule has 1 heterocycles. The van der Waals surface area contributed by atoms with Gasteiger partial charge in [-0.25, -0.2) is 4.98 Å². The fraction of sp³-hybridized carbons (Fsp3) is 0.0588. The van der Waals surface area contributed by atoms with Crippen LogP contribution in [0.15, 0.2) is 53.0 Å². The molecule has 0 atom stereocenters. The van der Waals surface area contributed by atoms with Crippen molar-refractivity contribution in [3.05, 3.63) is 64.1 Å². The highest BCUT2D eigenvalue weighted by molar-refractivity contribution is 9.10. The number of aromatic nitrogens is 1. The summed E-state index contributed by atoms with van der Waals surface area (Å²) < 4.78 is 6.83. The van der Waals surface area contributed by atoms with Gasteiger partial charge in [-0.15, -0.1) is 0 Å². The number of para-hydroxylation sites is 1. The van der Waals surface area contributed by atoms with E-state index in [1.807, 2.05) is 49.4 Å². The van der Waals surface area contributed by atoms with Crippen LogP contribution in [0.5, 0.6) is 11.6 Å². The maximum absolute atomic E-state index is 9.29. The van der Waals surface area contributed by atoms with Crippen LogP contribution in [0.1, 0.15) is 11.1 Å². The number of aryl methyl sites for hydroxylation is 1. The lowest BCUT2D eigenvalue weighted by Crippen LogP contribution is -1.94. The monoisotopic (exact) mass is 338 g/mol. The average molecular weight is 339 g/mol. The molecule has 0 spiro atoms. The van der Waals surface area contributed by atoms with Crippen LogP contribution in [0.3, 0.4) is 0 Å². The summed E-state index contributed by atoms with van der Waals surface area (Å²) in [6, 6.07) is 17.3. The van der Waals surface area contributed by atoms with Gasteiger partial charge in [0, 0.05) is 9.86 Å². The molecule has 0 unspecified atom stereocenters. The van der Waals surface area contributed by atoms with Crippen molar-refractivity contribution in [3.63, 3.8) is 0 Å². The number of fused-ring (bicyclic) bond motifs is 1. The largest absolute Gasteiger partial charge is 0.437 e. The van der Waals surface area contributed by atoms with Crippen molar-refractivity contribution in [3.8, 4) is 17.7 Å². The maximum Gasteiger partial charge on any atom is 0.237 e. The highest BCUT2D eigenvalue weighted by Gasteiger charge is 2.10. The molecule has 0 aliphatic rings. The van der Waals surface area contributed by atoms with Crippen molar-refractivity contribution in [2.75, 3.05) is 0 Å². The third-order valence-corrected chi connectivity index (χ3v) is 3.65. The Bertz CT molecular complexity index is 868. The summed E-state index contributed by atoms with van der Waals surface area (Å²) in [6.07, 6.45) is 0. The summed E-state index contributed by atoms with van der Waals surface area (Å²) in [4.78, 5) is 4.45. The second-order valence-corrected chi connectivity index (χ2v) is 5.57. The first-order valence-corrected chi connectivity index (χ1v) is 7.20. The van der Waals surface area contributed by atoms with Gasteiger partial charge in [-0.1, -0.05) is 34.1 Å². The Hall–Kier alpha value is -2.38. The van der Waals surface area contributed by atoms with E-state index in [2.05, 4.69) is 27.0 Å². The van der Waals surface area contributed by atoms with Gasteiger partial charge in [0.25, 0.3) is 0 Å². The number of rotatable bonds is 2. The number of nitriles is 1. The van der Waals surface area contributed by atoms with Crippen molar-refractivity contribution in [2.24, 2.45) is 0 Å². The van der Waals surface area contributed by atoms with Gasteiger partial charge in [-0.2, -0.15) is 5.26 Å². The van der Waals surface area contributed by atoms with Gasteiger partial charge in [0.2, 0.25) is 5.88 Å². The second-order valence-electron chi connectivity index (χ2n) is 4.66. The van der Waals surface area contributed by atoms with E-state index >= 15 is 0 Å². The number of pyridine rings is 1. The number of hydrogen-bond donors (Lipinski definition) is 0. The topological polar surface area (TPSA) is 45.9 Å².